The molecule has 29 heavy (non-hydrogen) atoms. The van der Waals surface area contributed by atoms with Crippen LogP contribution in [0.5, 0.6) is 5.88 Å². The van der Waals surface area contributed by atoms with Crippen molar-refractivity contribution in [1.29, 1.82) is 0 Å². The number of halogens is 4. The molecule has 3 rings (SSSR count). The second-order valence-corrected chi connectivity index (χ2v) is 7.54. The molecule has 0 aliphatic carbocycles. The van der Waals surface area contributed by atoms with Crippen LogP contribution in [0.25, 0.3) is 6.08 Å². The second kappa shape index (κ2) is 8.08. The Bertz CT molecular complexity index is 936. The van der Waals surface area contributed by atoms with Crippen LogP contribution in [0, 0.1) is 5.41 Å². The summed E-state index contributed by atoms with van der Waals surface area (Å²) in [5.41, 5.74) is -0.151. The Morgan fingerprint density at radius 1 is 1.41 bits per heavy atom. The Morgan fingerprint density at radius 3 is 2.69 bits per heavy atom. The van der Waals surface area contributed by atoms with Gasteiger partial charge in [0, 0.05) is 22.6 Å². The maximum absolute atomic E-state index is 12.8. The lowest BCUT2D eigenvalue weighted by molar-refractivity contribution is -0.137. The Labute approximate surface area is 169 Å². The molecule has 1 aliphatic rings. The van der Waals surface area contributed by atoms with Gasteiger partial charge in [0.1, 0.15) is 0 Å². The molecule has 0 amide bonds. The summed E-state index contributed by atoms with van der Waals surface area (Å²) >= 11 is 6.02. The van der Waals surface area contributed by atoms with Gasteiger partial charge >= 0.3 is 12.1 Å². The molecule has 2 heterocycles. The topological polar surface area (TPSA) is 73.6 Å². The van der Waals surface area contributed by atoms with E-state index >= 15 is 0 Å². The standard InChI is InChI=1S/C19H18ClF3N2O4/c1-18(9-28-10-18)11-29-16-7-14(4-5-17(26)27)25(24-16)8-12-2-3-13(6-15(12)20)19(21,22)23/h2-7H,8-11H2,1H3,(H,26,27). The summed E-state index contributed by atoms with van der Waals surface area (Å²) in [4.78, 5) is 10.8. The van der Waals surface area contributed by atoms with E-state index in [2.05, 4.69) is 5.10 Å². The Morgan fingerprint density at radius 2 is 2.14 bits per heavy atom. The van der Waals surface area contributed by atoms with E-state index in [1.165, 1.54) is 16.8 Å². The monoisotopic (exact) mass is 430 g/mol. The van der Waals surface area contributed by atoms with Crippen molar-refractivity contribution in [2.75, 3.05) is 19.8 Å². The van der Waals surface area contributed by atoms with Gasteiger partial charge in [-0.1, -0.05) is 24.6 Å². The van der Waals surface area contributed by atoms with Crippen LogP contribution in [-0.4, -0.2) is 40.7 Å². The van der Waals surface area contributed by atoms with Gasteiger partial charge in [0.25, 0.3) is 0 Å². The number of hydrogen-bond acceptors (Lipinski definition) is 4. The number of carboxylic acid groups (broad SMARTS) is 1. The van der Waals surface area contributed by atoms with Crippen LogP contribution in [0.3, 0.4) is 0 Å². The molecule has 0 spiro atoms. The Balaban J connectivity index is 1.83. The van der Waals surface area contributed by atoms with Gasteiger partial charge in [0.2, 0.25) is 5.88 Å². The van der Waals surface area contributed by atoms with E-state index in [0.29, 0.717) is 31.1 Å². The summed E-state index contributed by atoms with van der Waals surface area (Å²) in [7, 11) is 0. The van der Waals surface area contributed by atoms with Gasteiger partial charge in [0.05, 0.1) is 37.6 Å². The van der Waals surface area contributed by atoms with Crippen LogP contribution >= 0.6 is 11.6 Å². The van der Waals surface area contributed by atoms with E-state index in [0.717, 1.165) is 18.2 Å². The molecule has 0 bridgehead atoms. The molecule has 6 nitrogen and oxygen atoms in total. The van der Waals surface area contributed by atoms with E-state index in [1.54, 1.807) is 6.07 Å². The van der Waals surface area contributed by atoms with Crippen molar-refractivity contribution >= 4 is 23.6 Å². The molecule has 10 heteroatoms. The van der Waals surface area contributed by atoms with Crippen LogP contribution in [0.4, 0.5) is 13.2 Å². The summed E-state index contributed by atoms with van der Waals surface area (Å²) in [6.45, 7) is 3.55. The molecule has 1 aliphatic heterocycles. The van der Waals surface area contributed by atoms with E-state index < -0.39 is 17.7 Å². The molecule has 156 valence electrons. The number of hydrogen-bond donors (Lipinski definition) is 1. The van der Waals surface area contributed by atoms with E-state index in [-0.39, 0.29) is 22.9 Å². The van der Waals surface area contributed by atoms with E-state index in [4.69, 9.17) is 26.2 Å². The van der Waals surface area contributed by atoms with Crippen LogP contribution in [0.2, 0.25) is 5.02 Å². The SMILES string of the molecule is CC1(COc2cc(C=CC(=O)O)n(Cc3ccc(C(F)(F)F)cc3Cl)n2)COC1. The van der Waals surface area contributed by atoms with Crippen molar-refractivity contribution in [3.8, 4) is 5.88 Å². The van der Waals surface area contributed by atoms with Crippen molar-refractivity contribution in [3.63, 3.8) is 0 Å². The van der Waals surface area contributed by atoms with Crippen LogP contribution < -0.4 is 4.74 Å². The summed E-state index contributed by atoms with van der Waals surface area (Å²) in [6.07, 6.45) is -2.23. The Hall–Kier alpha value is -2.52. The number of aromatic nitrogens is 2. The number of aliphatic carboxylic acids is 1. The van der Waals surface area contributed by atoms with Crippen molar-refractivity contribution in [2.24, 2.45) is 5.41 Å². The van der Waals surface area contributed by atoms with Crippen molar-refractivity contribution in [1.82, 2.24) is 9.78 Å². The van der Waals surface area contributed by atoms with Crippen molar-refractivity contribution < 1.29 is 32.5 Å². The van der Waals surface area contributed by atoms with Gasteiger partial charge in [-0.05, 0) is 23.8 Å². The van der Waals surface area contributed by atoms with Gasteiger partial charge in [-0.3, -0.25) is 4.68 Å². The molecule has 0 saturated carbocycles. The summed E-state index contributed by atoms with van der Waals surface area (Å²) in [5, 5.41) is 13.1. The lowest BCUT2D eigenvalue weighted by Crippen LogP contribution is -2.44. The predicted octanol–water partition coefficient (Wildman–Crippen LogP) is 4.12. The normalized spacial score (nSPS) is 16.0. The van der Waals surface area contributed by atoms with Crippen LogP contribution in [0.15, 0.2) is 30.3 Å². The smallest absolute Gasteiger partial charge is 0.416 e. The largest absolute Gasteiger partial charge is 0.478 e. The van der Waals surface area contributed by atoms with Crippen molar-refractivity contribution in [2.45, 2.75) is 19.6 Å². The molecule has 1 fully saturated rings. The first-order chi connectivity index (χ1) is 13.6. The fraction of sp³-hybridized carbons (Fsp3) is 0.368. The minimum atomic E-state index is -4.49. The molecule has 1 saturated heterocycles. The van der Waals surface area contributed by atoms with Crippen LogP contribution in [-0.2, 0) is 22.3 Å². The first-order valence-corrected chi connectivity index (χ1v) is 8.99. The maximum Gasteiger partial charge on any atom is 0.416 e. The molecule has 1 aromatic carbocycles. The zero-order chi connectivity index (χ0) is 21.2. The summed E-state index contributed by atoms with van der Waals surface area (Å²) < 4.78 is 50.7. The summed E-state index contributed by atoms with van der Waals surface area (Å²) in [5.74, 6) is -0.877. The maximum atomic E-state index is 12.8. The van der Waals surface area contributed by atoms with Gasteiger partial charge in [0.15, 0.2) is 0 Å². The third-order valence-electron chi connectivity index (χ3n) is 4.36. The second-order valence-electron chi connectivity index (χ2n) is 7.13. The number of carboxylic acids is 1. The lowest BCUT2D eigenvalue weighted by atomic mass is 9.90. The Kier molecular flexibility index (Phi) is 5.90. The van der Waals surface area contributed by atoms with E-state index in [1.807, 2.05) is 6.92 Å². The van der Waals surface area contributed by atoms with Crippen LogP contribution in [0.1, 0.15) is 23.7 Å². The number of rotatable bonds is 7. The number of alkyl halides is 3. The number of nitrogens with zero attached hydrogens (tertiary/aromatic N) is 2. The first kappa shape index (κ1) is 21.2. The van der Waals surface area contributed by atoms with Gasteiger partial charge in [-0.15, -0.1) is 5.10 Å². The quantitative estimate of drug-likeness (QED) is 0.669. The molecular weight excluding hydrogens is 413 g/mol. The fourth-order valence-electron chi connectivity index (χ4n) is 2.69. The van der Waals surface area contributed by atoms with E-state index in [9.17, 15) is 18.0 Å². The third-order valence-corrected chi connectivity index (χ3v) is 4.71. The first-order valence-electron chi connectivity index (χ1n) is 8.61. The van der Waals surface area contributed by atoms with Gasteiger partial charge in [-0.25, -0.2) is 4.79 Å². The highest BCUT2D eigenvalue weighted by atomic mass is 35.5. The molecule has 1 N–H and O–H groups in total. The highest BCUT2D eigenvalue weighted by Crippen LogP contribution is 2.33. The number of benzene rings is 1. The highest BCUT2D eigenvalue weighted by Gasteiger charge is 2.34. The minimum absolute atomic E-state index is 0.0417. The molecular formula is C19H18ClF3N2O4. The van der Waals surface area contributed by atoms with Gasteiger partial charge < -0.3 is 14.6 Å². The molecule has 1 aromatic heterocycles. The zero-order valence-corrected chi connectivity index (χ0v) is 16.1. The average Bonchev–Trinajstić information content (AvgIpc) is 2.99. The molecule has 2 aromatic rings. The fourth-order valence-corrected chi connectivity index (χ4v) is 2.93. The number of carbonyl (C=O) groups is 1. The molecule has 0 radical (unpaired) electrons. The molecule has 0 atom stereocenters. The number of ether oxygens (including phenoxy) is 2. The van der Waals surface area contributed by atoms with Crippen molar-refractivity contribution in [3.05, 3.63) is 52.2 Å². The lowest BCUT2D eigenvalue weighted by Gasteiger charge is -2.37. The minimum Gasteiger partial charge on any atom is -0.478 e. The summed E-state index contributed by atoms with van der Waals surface area (Å²) in [6, 6.07) is 4.61. The highest BCUT2D eigenvalue weighted by molar-refractivity contribution is 6.31. The predicted molar refractivity (Wildman–Crippen MR) is 98.9 cm³/mol. The average molecular weight is 431 g/mol. The third kappa shape index (κ3) is 5.30. The zero-order valence-electron chi connectivity index (χ0n) is 15.4. The molecule has 0 unspecified atom stereocenters. The van der Waals surface area contributed by atoms with Gasteiger partial charge in [-0.2, -0.15) is 13.2 Å².